The van der Waals surface area contributed by atoms with E-state index in [2.05, 4.69) is 37.1 Å². The Morgan fingerprint density at radius 2 is 1.81 bits per heavy atom. The molecule has 2 aromatic heterocycles. The van der Waals surface area contributed by atoms with Crippen LogP contribution in [0.3, 0.4) is 0 Å². The van der Waals surface area contributed by atoms with Gasteiger partial charge in [-0.25, -0.2) is 9.97 Å². The molecule has 0 unspecified atom stereocenters. The Balaban J connectivity index is 1.93. The predicted molar refractivity (Wildman–Crippen MR) is 104 cm³/mol. The molecule has 0 spiro atoms. The Bertz CT molecular complexity index is 855. The highest BCUT2D eigenvalue weighted by Crippen LogP contribution is 2.27. The molecule has 3 aromatic rings. The largest absolute Gasteiger partial charge is 0.497 e. The smallest absolute Gasteiger partial charge is 0.223 e. The molecule has 0 aliphatic heterocycles. The second-order valence-electron chi connectivity index (χ2n) is 7.16. The third-order valence-corrected chi connectivity index (χ3v) is 4.05. The standard InChI is InChI=1S/C21H24N4O/c1-21(2,3)19-12-18(16-7-9-17(26-4)10-8-16)24-20(25-19)23-14-15-6-5-11-22-13-15/h5-13H,14H2,1-4H3,(H,23,24,25). The van der Waals surface area contributed by atoms with Crippen LogP contribution in [0.25, 0.3) is 11.3 Å². The van der Waals surface area contributed by atoms with Gasteiger partial charge in [0.2, 0.25) is 5.95 Å². The molecule has 0 bridgehead atoms. The van der Waals surface area contributed by atoms with Gasteiger partial charge in [-0.1, -0.05) is 26.8 Å². The van der Waals surface area contributed by atoms with Gasteiger partial charge in [-0.15, -0.1) is 0 Å². The maximum atomic E-state index is 5.24. The van der Waals surface area contributed by atoms with Crippen LogP contribution in [-0.4, -0.2) is 22.1 Å². The molecule has 1 aromatic carbocycles. The van der Waals surface area contributed by atoms with E-state index in [4.69, 9.17) is 14.7 Å². The number of hydrogen-bond acceptors (Lipinski definition) is 5. The lowest BCUT2D eigenvalue weighted by molar-refractivity contribution is 0.415. The highest BCUT2D eigenvalue weighted by molar-refractivity contribution is 5.62. The zero-order valence-electron chi connectivity index (χ0n) is 15.7. The van der Waals surface area contributed by atoms with Gasteiger partial charge in [-0.3, -0.25) is 4.98 Å². The topological polar surface area (TPSA) is 59.9 Å². The minimum absolute atomic E-state index is 0.0745. The molecule has 1 N–H and O–H groups in total. The average molecular weight is 348 g/mol. The van der Waals surface area contributed by atoms with Gasteiger partial charge in [-0.2, -0.15) is 0 Å². The van der Waals surface area contributed by atoms with Crippen LogP contribution in [0.15, 0.2) is 54.9 Å². The SMILES string of the molecule is COc1ccc(-c2cc(C(C)(C)C)nc(NCc3cccnc3)n2)cc1. The van der Waals surface area contributed by atoms with Crippen molar-refractivity contribution in [3.8, 4) is 17.0 Å². The molecular formula is C21H24N4O. The first-order chi connectivity index (χ1) is 12.5. The molecule has 5 nitrogen and oxygen atoms in total. The molecular weight excluding hydrogens is 324 g/mol. The zero-order chi connectivity index (χ0) is 18.6. The first-order valence-corrected chi connectivity index (χ1v) is 8.62. The van der Waals surface area contributed by atoms with Gasteiger partial charge in [0.05, 0.1) is 18.5 Å². The van der Waals surface area contributed by atoms with Gasteiger partial charge in [0.15, 0.2) is 0 Å². The minimum atomic E-state index is -0.0745. The number of methoxy groups -OCH3 is 1. The second kappa shape index (κ2) is 7.52. The molecule has 2 heterocycles. The van der Waals surface area contributed by atoms with Crippen LogP contribution in [0.5, 0.6) is 5.75 Å². The van der Waals surface area contributed by atoms with E-state index in [9.17, 15) is 0 Å². The fraction of sp³-hybridized carbons (Fsp3) is 0.286. The third-order valence-electron chi connectivity index (χ3n) is 4.05. The highest BCUT2D eigenvalue weighted by Gasteiger charge is 2.18. The lowest BCUT2D eigenvalue weighted by Crippen LogP contribution is -2.16. The summed E-state index contributed by atoms with van der Waals surface area (Å²) in [7, 11) is 1.66. The third kappa shape index (κ3) is 4.36. The monoisotopic (exact) mass is 348 g/mol. The average Bonchev–Trinajstić information content (AvgIpc) is 2.66. The molecule has 0 fully saturated rings. The van der Waals surface area contributed by atoms with Crippen molar-refractivity contribution in [3.63, 3.8) is 0 Å². The fourth-order valence-electron chi connectivity index (χ4n) is 2.50. The molecule has 0 saturated carbocycles. The summed E-state index contributed by atoms with van der Waals surface area (Å²) < 4.78 is 5.24. The van der Waals surface area contributed by atoms with E-state index in [-0.39, 0.29) is 5.41 Å². The quantitative estimate of drug-likeness (QED) is 0.738. The van der Waals surface area contributed by atoms with Gasteiger partial charge in [0, 0.05) is 29.9 Å². The van der Waals surface area contributed by atoms with Gasteiger partial charge in [0.25, 0.3) is 0 Å². The molecule has 0 amide bonds. The van der Waals surface area contributed by atoms with Gasteiger partial charge in [-0.05, 0) is 42.0 Å². The lowest BCUT2D eigenvalue weighted by Gasteiger charge is -2.20. The second-order valence-corrected chi connectivity index (χ2v) is 7.16. The molecule has 5 heteroatoms. The number of aromatic nitrogens is 3. The number of ether oxygens (including phenoxy) is 1. The maximum Gasteiger partial charge on any atom is 0.223 e. The van der Waals surface area contributed by atoms with Gasteiger partial charge in [0.1, 0.15) is 5.75 Å². The number of pyridine rings is 1. The number of nitrogens with zero attached hydrogens (tertiary/aromatic N) is 3. The van der Waals surface area contributed by atoms with Crippen LogP contribution in [0.1, 0.15) is 32.0 Å². The number of hydrogen-bond donors (Lipinski definition) is 1. The highest BCUT2D eigenvalue weighted by atomic mass is 16.5. The van der Waals surface area contributed by atoms with Crippen LogP contribution >= 0.6 is 0 Å². The van der Waals surface area contributed by atoms with Crippen LogP contribution < -0.4 is 10.1 Å². The summed E-state index contributed by atoms with van der Waals surface area (Å²) in [6.07, 6.45) is 3.60. The number of benzene rings is 1. The summed E-state index contributed by atoms with van der Waals surface area (Å²) in [4.78, 5) is 13.6. The van der Waals surface area contributed by atoms with Crippen molar-refractivity contribution in [1.82, 2.24) is 15.0 Å². The Morgan fingerprint density at radius 3 is 2.42 bits per heavy atom. The molecule has 0 atom stereocenters. The lowest BCUT2D eigenvalue weighted by atomic mass is 9.91. The number of rotatable bonds is 5. The predicted octanol–water partition coefficient (Wildman–Crippen LogP) is 4.46. The summed E-state index contributed by atoms with van der Waals surface area (Å²) in [6, 6.07) is 13.9. The van der Waals surface area contributed by atoms with E-state index in [1.165, 1.54) is 0 Å². The molecule has 0 aliphatic carbocycles. The molecule has 0 saturated heterocycles. The molecule has 134 valence electrons. The van der Waals surface area contributed by atoms with E-state index in [1.54, 1.807) is 13.3 Å². The van der Waals surface area contributed by atoms with E-state index in [1.807, 2.05) is 42.6 Å². The molecule has 0 radical (unpaired) electrons. The Kier molecular flexibility index (Phi) is 5.16. The van der Waals surface area contributed by atoms with Crippen molar-refractivity contribution >= 4 is 5.95 Å². The zero-order valence-corrected chi connectivity index (χ0v) is 15.7. The van der Waals surface area contributed by atoms with Crippen LogP contribution in [-0.2, 0) is 12.0 Å². The van der Waals surface area contributed by atoms with Crippen LogP contribution in [0.2, 0.25) is 0 Å². The van der Waals surface area contributed by atoms with Crippen molar-refractivity contribution in [1.29, 1.82) is 0 Å². The molecule has 0 aliphatic rings. The Morgan fingerprint density at radius 1 is 1.04 bits per heavy atom. The van der Waals surface area contributed by atoms with Crippen LogP contribution in [0.4, 0.5) is 5.95 Å². The first-order valence-electron chi connectivity index (χ1n) is 8.62. The van der Waals surface area contributed by atoms with Crippen molar-refractivity contribution in [2.75, 3.05) is 12.4 Å². The van der Waals surface area contributed by atoms with Crippen molar-refractivity contribution < 1.29 is 4.74 Å². The summed E-state index contributed by atoms with van der Waals surface area (Å²) in [5, 5.41) is 3.32. The molecule has 3 rings (SSSR count). The minimum Gasteiger partial charge on any atom is -0.497 e. The van der Waals surface area contributed by atoms with Crippen molar-refractivity contribution in [2.45, 2.75) is 32.7 Å². The fourth-order valence-corrected chi connectivity index (χ4v) is 2.50. The van der Waals surface area contributed by atoms with Crippen molar-refractivity contribution in [3.05, 3.63) is 66.1 Å². The van der Waals surface area contributed by atoms with Crippen molar-refractivity contribution in [2.24, 2.45) is 0 Å². The van der Waals surface area contributed by atoms with Gasteiger partial charge < -0.3 is 10.1 Å². The first kappa shape index (κ1) is 17.9. The van der Waals surface area contributed by atoms with E-state index >= 15 is 0 Å². The van der Waals surface area contributed by atoms with E-state index < -0.39 is 0 Å². The number of anilines is 1. The van der Waals surface area contributed by atoms with E-state index in [0.717, 1.165) is 28.3 Å². The maximum absolute atomic E-state index is 5.24. The summed E-state index contributed by atoms with van der Waals surface area (Å²) in [6.45, 7) is 7.08. The Hall–Kier alpha value is -2.95. The summed E-state index contributed by atoms with van der Waals surface area (Å²) in [5.74, 6) is 1.45. The molecule has 26 heavy (non-hydrogen) atoms. The van der Waals surface area contributed by atoms with E-state index in [0.29, 0.717) is 12.5 Å². The normalized spacial score (nSPS) is 11.2. The Labute approximate surface area is 154 Å². The summed E-state index contributed by atoms with van der Waals surface area (Å²) >= 11 is 0. The number of nitrogens with one attached hydrogen (secondary N) is 1. The summed E-state index contributed by atoms with van der Waals surface area (Å²) in [5.41, 5.74) is 3.93. The van der Waals surface area contributed by atoms with Crippen LogP contribution in [0, 0.1) is 0 Å². The van der Waals surface area contributed by atoms with Gasteiger partial charge >= 0.3 is 0 Å².